The molecule has 0 spiro atoms. The molecule has 0 aliphatic rings. The molecule has 0 fully saturated rings. The van der Waals surface area contributed by atoms with Gasteiger partial charge in [0.05, 0.1) is 6.61 Å². The highest BCUT2D eigenvalue weighted by Crippen LogP contribution is 2.32. The van der Waals surface area contributed by atoms with Crippen LogP contribution in [0, 0.1) is 0 Å². The SMILES string of the molecule is O=[PH2]C(CCc1ccccc1)(OCc1ccccc1)C(=O)O. The van der Waals surface area contributed by atoms with Gasteiger partial charge in [-0.05, 0) is 24.0 Å². The van der Waals surface area contributed by atoms with Crippen molar-refractivity contribution in [2.45, 2.75) is 24.8 Å². The molecule has 0 radical (unpaired) electrons. The lowest BCUT2D eigenvalue weighted by molar-refractivity contribution is -0.156. The quantitative estimate of drug-likeness (QED) is 0.758. The summed E-state index contributed by atoms with van der Waals surface area (Å²) in [6.07, 6.45) is 0.704. The van der Waals surface area contributed by atoms with Gasteiger partial charge in [-0.1, -0.05) is 60.7 Å². The van der Waals surface area contributed by atoms with Gasteiger partial charge in [-0.15, -0.1) is 0 Å². The van der Waals surface area contributed by atoms with Gasteiger partial charge < -0.3 is 14.4 Å². The zero-order chi connectivity index (χ0) is 15.8. The molecule has 0 saturated carbocycles. The number of ether oxygens (including phenoxy) is 1. The van der Waals surface area contributed by atoms with E-state index in [1.54, 1.807) is 0 Å². The van der Waals surface area contributed by atoms with Crippen LogP contribution >= 0.6 is 8.46 Å². The first-order valence-corrected chi connectivity index (χ1v) is 8.13. The zero-order valence-electron chi connectivity index (χ0n) is 12.1. The summed E-state index contributed by atoms with van der Waals surface area (Å²) in [5.74, 6) is -1.16. The number of carboxylic acid groups (broad SMARTS) is 1. The predicted octanol–water partition coefficient (Wildman–Crippen LogP) is 3.37. The smallest absolute Gasteiger partial charge is 0.343 e. The summed E-state index contributed by atoms with van der Waals surface area (Å²) in [5.41, 5.74) is 1.87. The van der Waals surface area contributed by atoms with Gasteiger partial charge in [0.2, 0.25) is 5.34 Å². The van der Waals surface area contributed by atoms with E-state index in [0.717, 1.165) is 11.1 Å². The number of rotatable bonds is 8. The molecule has 0 aliphatic heterocycles. The van der Waals surface area contributed by atoms with Crippen LogP contribution in [0.15, 0.2) is 60.7 Å². The van der Waals surface area contributed by atoms with E-state index in [-0.39, 0.29) is 13.0 Å². The van der Waals surface area contributed by atoms with E-state index >= 15 is 0 Å². The molecular weight excluding hydrogens is 299 g/mol. The molecule has 0 heterocycles. The number of aryl methyl sites for hydroxylation is 1. The third-order valence-electron chi connectivity index (χ3n) is 3.52. The maximum Gasteiger partial charge on any atom is 0.343 e. The minimum Gasteiger partial charge on any atom is -0.479 e. The summed E-state index contributed by atoms with van der Waals surface area (Å²) in [6, 6.07) is 18.8. The van der Waals surface area contributed by atoms with Crippen molar-refractivity contribution in [2.75, 3.05) is 0 Å². The Bertz CT molecular complexity index is 570. The number of aliphatic carboxylic acids is 1. The maximum atomic E-state index is 11.6. The molecule has 1 N–H and O–H groups in total. The topological polar surface area (TPSA) is 63.6 Å². The lowest BCUT2D eigenvalue weighted by atomic mass is 10.1. The lowest BCUT2D eigenvalue weighted by Gasteiger charge is -2.24. The Hall–Kier alpha value is -1.90. The lowest BCUT2D eigenvalue weighted by Crippen LogP contribution is -2.36. The fraction of sp³-hybridized carbons (Fsp3) is 0.235. The van der Waals surface area contributed by atoms with Gasteiger partial charge in [-0.3, -0.25) is 0 Å². The van der Waals surface area contributed by atoms with Crippen LogP contribution in [0.1, 0.15) is 17.5 Å². The summed E-state index contributed by atoms with van der Waals surface area (Å²) in [5, 5.41) is 7.87. The van der Waals surface area contributed by atoms with Gasteiger partial charge in [-0.25, -0.2) is 4.79 Å². The Morgan fingerprint density at radius 1 is 1.00 bits per heavy atom. The first kappa shape index (κ1) is 16.5. The van der Waals surface area contributed by atoms with E-state index in [1.807, 2.05) is 60.7 Å². The first-order chi connectivity index (χ1) is 10.7. The molecule has 116 valence electrons. The Kier molecular flexibility index (Phi) is 5.93. The van der Waals surface area contributed by atoms with E-state index in [9.17, 15) is 14.5 Å². The first-order valence-electron chi connectivity index (χ1n) is 7.08. The van der Waals surface area contributed by atoms with Crippen molar-refractivity contribution < 1.29 is 19.2 Å². The molecule has 0 amide bonds. The van der Waals surface area contributed by atoms with Crippen LogP contribution in [0.25, 0.3) is 0 Å². The van der Waals surface area contributed by atoms with Crippen LogP contribution in [0.3, 0.4) is 0 Å². The average molecular weight is 318 g/mol. The minimum absolute atomic E-state index is 0.136. The third kappa shape index (κ3) is 4.30. The van der Waals surface area contributed by atoms with Gasteiger partial charge >= 0.3 is 5.97 Å². The Morgan fingerprint density at radius 3 is 2.05 bits per heavy atom. The second-order valence-corrected chi connectivity index (χ2v) is 6.24. The van der Waals surface area contributed by atoms with Gasteiger partial charge in [0, 0.05) is 0 Å². The molecule has 5 heteroatoms. The van der Waals surface area contributed by atoms with E-state index in [4.69, 9.17) is 4.74 Å². The van der Waals surface area contributed by atoms with Crippen molar-refractivity contribution in [3.8, 4) is 0 Å². The van der Waals surface area contributed by atoms with Crippen LogP contribution in [0.2, 0.25) is 0 Å². The van der Waals surface area contributed by atoms with Crippen LogP contribution in [-0.2, 0) is 27.1 Å². The fourth-order valence-corrected chi connectivity index (χ4v) is 2.66. The normalized spacial score (nSPS) is 14.0. The molecule has 0 saturated heterocycles. The highest BCUT2D eigenvalue weighted by Gasteiger charge is 2.38. The van der Waals surface area contributed by atoms with Crippen LogP contribution in [0.5, 0.6) is 0 Å². The molecule has 22 heavy (non-hydrogen) atoms. The fourth-order valence-electron chi connectivity index (χ4n) is 2.15. The van der Waals surface area contributed by atoms with Crippen molar-refractivity contribution in [2.24, 2.45) is 0 Å². The van der Waals surface area contributed by atoms with E-state index in [2.05, 4.69) is 0 Å². The molecule has 2 rings (SSSR count). The molecule has 2 aromatic rings. The summed E-state index contributed by atoms with van der Waals surface area (Å²) < 4.78 is 17.2. The van der Waals surface area contributed by atoms with Crippen LogP contribution in [0.4, 0.5) is 0 Å². The van der Waals surface area contributed by atoms with Gasteiger partial charge in [0.25, 0.3) is 0 Å². The van der Waals surface area contributed by atoms with Crippen molar-refractivity contribution in [3.63, 3.8) is 0 Å². The maximum absolute atomic E-state index is 11.6. The second-order valence-electron chi connectivity index (χ2n) is 5.07. The highest BCUT2D eigenvalue weighted by atomic mass is 31.1. The number of hydrogen-bond donors (Lipinski definition) is 1. The number of hydrogen-bond acceptors (Lipinski definition) is 3. The second kappa shape index (κ2) is 7.92. The van der Waals surface area contributed by atoms with Gasteiger partial charge in [-0.2, -0.15) is 0 Å². The van der Waals surface area contributed by atoms with Crippen molar-refractivity contribution in [3.05, 3.63) is 71.8 Å². The van der Waals surface area contributed by atoms with Crippen molar-refractivity contribution in [1.29, 1.82) is 0 Å². The largest absolute Gasteiger partial charge is 0.479 e. The molecule has 0 aromatic heterocycles. The van der Waals surface area contributed by atoms with Crippen molar-refractivity contribution >= 4 is 14.4 Å². The molecule has 2 unspecified atom stereocenters. The molecule has 2 aromatic carbocycles. The third-order valence-corrected chi connectivity index (χ3v) is 4.60. The monoisotopic (exact) mass is 318 g/mol. The number of benzene rings is 2. The van der Waals surface area contributed by atoms with E-state index < -0.39 is 19.8 Å². The van der Waals surface area contributed by atoms with Crippen molar-refractivity contribution in [1.82, 2.24) is 0 Å². The molecule has 2 atom stereocenters. The van der Waals surface area contributed by atoms with Gasteiger partial charge in [0.1, 0.15) is 8.46 Å². The molecule has 4 nitrogen and oxygen atoms in total. The summed E-state index contributed by atoms with van der Waals surface area (Å²) >= 11 is 0. The minimum atomic E-state index is -1.61. The summed E-state index contributed by atoms with van der Waals surface area (Å²) in [7, 11) is -1.60. The standard InChI is InChI=1S/C17H19O4P/c18-16(19)17(22-20,12-11-14-7-3-1-4-8-14)21-13-15-9-5-2-6-10-15/h1-10H,11-13,22H2,(H,18,19). The zero-order valence-corrected chi connectivity index (χ0v) is 13.3. The Balaban J connectivity index is 2.06. The molecule has 0 bridgehead atoms. The Morgan fingerprint density at radius 2 is 1.55 bits per heavy atom. The van der Waals surface area contributed by atoms with Crippen LogP contribution in [-0.4, -0.2) is 16.4 Å². The van der Waals surface area contributed by atoms with Crippen LogP contribution < -0.4 is 0 Å². The number of carbonyl (C=O) groups is 1. The Labute approximate surface area is 131 Å². The predicted molar refractivity (Wildman–Crippen MR) is 86.8 cm³/mol. The number of carboxylic acids is 1. The van der Waals surface area contributed by atoms with E-state index in [1.165, 1.54) is 0 Å². The average Bonchev–Trinajstić information content (AvgIpc) is 2.57. The summed E-state index contributed by atoms with van der Waals surface area (Å²) in [4.78, 5) is 11.6. The van der Waals surface area contributed by atoms with E-state index in [0.29, 0.717) is 6.42 Å². The summed E-state index contributed by atoms with van der Waals surface area (Å²) in [6.45, 7) is 0.136. The molecular formula is C17H19O4P. The highest BCUT2D eigenvalue weighted by molar-refractivity contribution is 7.27. The molecule has 0 aliphatic carbocycles. The van der Waals surface area contributed by atoms with Gasteiger partial charge in [0.15, 0.2) is 0 Å².